The second kappa shape index (κ2) is 9.25. The first-order chi connectivity index (χ1) is 13.8. The number of aryl methyl sites for hydroxylation is 1. The lowest BCUT2D eigenvalue weighted by Gasteiger charge is -2.24. The Bertz CT molecular complexity index is 852. The zero-order valence-corrected chi connectivity index (χ0v) is 17.7. The van der Waals surface area contributed by atoms with Gasteiger partial charge in [-0.05, 0) is 54.0 Å². The van der Waals surface area contributed by atoms with Gasteiger partial charge in [-0.25, -0.2) is 0 Å². The molecule has 0 saturated carbocycles. The van der Waals surface area contributed by atoms with Crippen LogP contribution in [-0.4, -0.2) is 18.2 Å². The van der Waals surface area contributed by atoms with Gasteiger partial charge in [0.05, 0.1) is 0 Å². The first-order valence-corrected chi connectivity index (χ1v) is 10.4. The first-order valence-electron chi connectivity index (χ1n) is 10.4. The molecule has 3 rings (SSSR count). The van der Waals surface area contributed by atoms with Gasteiger partial charge < -0.3 is 10.1 Å². The fourth-order valence-corrected chi connectivity index (χ4v) is 3.60. The van der Waals surface area contributed by atoms with Crippen molar-refractivity contribution < 1.29 is 14.3 Å². The number of carbonyl (C=O) groups excluding carboxylic acids is 2. The van der Waals surface area contributed by atoms with Gasteiger partial charge in [-0.3, -0.25) is 9.59 Å². The maximum atomic E-state index is 12.9. The van der Waals surface area contributed by atoms with Crippen molar-refractivity contribution in [3.05, 3.63) is 65.2 Å². The van der Waals surface area contributed by atoms with Gasteiger partial charge in [0.15, 0.2) is 5.78 Å². The summed E-state index contributed by atoms with van der Waals surface area (Å²) in [7, 11) is 0. The highest BCUT2D eigenvalue weighted by molar-refractivity contribution is 6.02. The summed E-state index contributed by atoms with van der Waals surface area (Å²) in [5, 5.41) is 2.96. The molecule has 4 heteroatoms. The molecule has 1 unspecified atom stereocenters. The molecule has 1 atom stereocenters. The number of rotatable bonds is 7. The molecular formula is C25H31NO3. The molecule has 2 aromatic carbocycles. The Hall–Kier alpha value is -2.62. The maximum Gasteiger partial charge on any atom is 0.220 e. The van der Waals surface area contributed by atoms with E-state index in [-0.39, 0.29) is 29.4 Å². The van der Waals surface area contributed by atoms with Gasteiger partial charge in [0, 0.05) is 24.4 Å². The largest absolute Gasteiger partial charge is 0.489 e. The highest BCUT2D eigenvalue weighted by Gasteiger charge is 2.29. The van der Waals surface area contributed by atoms with Crippen molar-refractivity contribution in [3.63, 3.8) is 0 Å². The molecule has 2 aromatic rings. The molecule has 1 aliphatic carbocycles. The topological polar surface area (TPSA) is 55.4 Å². The van der Waals surface area contributed by atoms with Crippen LogP contribution in [0.4, 0.5) is 0 Å². The third-order valence-electron chi connectivity index (χ3n) is 5.35. The minimum Gasteiger partial charge on any atom is -0.489 e. The SMILES string of the molecule is CC(C)(C)CCNC(=O)CC1CCc2cc(OCc3ccccc3)ccc2C1=O. The summed E-state index contributed by atoms with van der Waals surface area (Å²) in [6.45, 7) is 7.61. The Balaban J connectivity index is 1.55. The van der Waals surface area contributed by atoms with Crippen molar-refractivity contribution in [2.24, 2.45) is 11.3 Å². The third kappa shape index (κ3) is 6.18. The summed E-state index contributed by atoms with van der Waals surface area (Å²) >= 11 is 0. The van der Waals surface area contributed by atoms with Crippen LogP contribution in [0.25, 0.3) is 0 Å². The zero-order chi connectivity index (χ0) is 20.9. The number of ketones is 1. The Morgan fingerprint density at radius 3 is 2.62 bits per heavy atom. The zero-order valence-electron chi connectivity index (χ0n) is 17.7. The number of hydrogen-bond acceptors (Lipinski definition) is 3. The Labute approximate surface area is 173 Å². The van der Waals surface area contributed by atoms with Crippen LogP contribution >= 0.6 is 0 Å². The van der Waals surface area contributed by atoms with Crippen molar-refractivity contribution in [2.45, 2.75) is 53.1 Å². The van der Waals surface area contributed by atoms with Crippen LogP contribution in [0.3, 0.4) is 0 Å². The minimum absolute atomic E-state index is 0.0288. The third-order valence-corrected chi connectivity index (χ3v) is 5.35. The van der Waals surface area contributed by atoms with Crippen LogP contribution in [0.5, 0.6) is 5.75 Å². The van der Waals surface area contributed by atoms with Crippen molar-refractivity contribution in [1.29, 1.82) is 0 Å². The number of ether oxygens (including phenoxy) is 1. The van der Waals surface area contributed by atoms with E-state index in [1.165, 1.54) is 0 Å². The van der Waals surface area contributed by atoms with E-state index in [1.54, 1.807) is 0 Å². The highest BCUT2D eigenvalue weighted by atomic mass is 16.5. The second-order valence-electron chi connectivity index (χ2n) is 9.06. The van der Waals surface area contributed by atoms with Gasteiger partial charge in [-0.15, -0.1) is 0 Å². The van der Waals surface area contributed by atoms with E-state index in [0.717, 1.165) is 35.3 Å². The van der Waals surface area contributed by atoms with E-state index in [2.05, 4.69) is 26.1 Å². The average Bonchev–Trinajstić information content (AvgIpc) is 2.68. The number of Topliss-reactive ketones (excluding diaryl/α,β-unsaturated/α-hetero) is 1. The van der Waals surface area contributed by atoms with Crippen LogP contribution in [0, 0.1) is 11.3 Å². The second-order valence-corrected chi connectivity index (χ2v) is 9.06. The summed E-state index contributed by atoms with van der Waals surface area (Å²) in [5.41, 5.74) is 3.05. The standard InChI is InChI=1S/C25H31NO3/c1-25(2,3)13-14-26-23(27)16-20-10-9-19-15-21(11-12-22(19)24(20)28)29-17-18-7-5-4-6-8-18/h4-8,11-12,15,20H,9-10,13-14,16-17H2,1-3H3,(H,26,27). The molecule has 1 aliphatic rings. The summed E-state index contributed by atoms with van der Waals surface area (Å²) in [6.07, 6.45) is 2.70. The van der Waals surface area contributed by atoms with E-state index in [9.17, 15) is 9.59 Å². The van der Waals surface area contributed by atoms with E-state index in [0.29, 0.717) is 19.6 Å². The van der Waals surface area contributed by atoms with Gasteiger partial charge in [-0.2, -0.15) is 0 Å². The molecule has 154 valence electrons. The molecule has 29 heavy (non-hydrogen) atoms. The average molecular weight is 394 g/mol. The van der Waals surface area contributed by atoms with E-state index in [1.807, 2.05) is 48.5 Å². The van der Waals surface area contributed by atoms with Crippen molar-refractivity contribution in [3.8, 4) is 5.75 Å². The normalized spacial score (nSPS) is 16.2. The summed E-state index contributed by atoms with van der Waals surface area (Å²) in [4.78, 5) is 25.1. The molecule has 0 radical (unpaired) electrons. The van der Waals surface area contributed by atoms with Crippen molar-refractivity contribution >= 4 is 11.7 Å². The van der Waals surface area contributed by atoms with Gasteiger partial charge in [0.1, 0.15) is 12.4 Å². The lowest BCUT2D eigenvalue weighted by molar-refractivity contribution is -0.121. The quantitative estimate of drug-likeness (QED) is 0.724. The van der Waals surface area contributed by atoms with Crippen LogP contribution in [0.1, 0.15) is 61.5 Å². The Morgan fingerprint density at radius 1 is 1.14 bits per heavy atom. The van der Waals surface area contributed by atoms with Crippen LogP contribution < -0.4 is 10.1 Å². The number of fused-ring (bicyclic) bond motifs is 1. The molecule has 0 aromatic heterocycles. The van der Waals surface area contributed by atoms with Gasteiger partial charge >= 0.3 is 0 Å². The summed E-state index contributed by atoms with van der Waals surface area (Å²) in [5.74, 6) is 0.595. The molecular weight excluding hydrogens is 362 g/mol. The number of carbonyl (C=O) groups is 2. The lowest BCUT2D eigenvalue weighted by atomic mass is 9.81. The minimum atomic E-state index is -0.228. The van der Waals surface area contributed by atoms with Gasteiger partial charge in [0.2, 0.25) is 5.91 Å². The van der Waals surface area contributed by atoms with Crippen LogP contribution in [0.2, 0.25) is 0 Å². The van der Waals surface area contributed by atoms with Gasteiger partial charge in [0.25, 0.3) is 0 Å². The van der Waals surface area contributed by atoms with E-state index >= 15 is 0 Å². The molecule has 0 fully saturated rings. The number of amides is 1. The summed E-state index contributed by atoms with van der Waals surface area (Å²) in [6, 6.07) is 15.7. The number of hydrogen-bond donors (Lipinski definition) is 1. The Kier molecular flexibility index (Phi) is 6.73. The smallest absolute Gasteiger partial charge is 0.220 e. The first kappa shape index (κ1) is 21.1. The van der Waals surface area contributed by atoms with Crippen molar-refractivity contribution in [1.82, 2.24) is 5.32 Å². The molecule has 1 N–H and O–H groups in total. The fourth-order valence-electron chi connectivity index (χ4n) is 3.60. The molecule has 1 amide bonds. The van der Waals surface area contributed by atoms with E-state index < -0.39 is 0 Å². The Morgan fingerprint density at radius 2 is 1.90 bits per heavy atom. The predicted octanol–water partition coefficient (Wildman–Crippen LogP) is 4.95. The number of nitrogens with one attached hydrogen (secondary N) is 1. The van der Waals surface area contributed by atoms with E-state index in [4.69, 9.17) is 4.74 Å². The molecule has 0 spiro atoms. The van der Waals surface area contributed by atoms with Crippen LogP contribution in [-0.2, 0) is 17.8 Å². The molecule has 4 nitrogen and oxygen atoms in total. The number of benzene rings is 2. The molecule has 0 bridgehead atoms. The molecule has 0 heterocycles. The maximum absolute atomic E-state index is 12.9. The molecule has 0 saturated heterocycles. The van der Waals surface area contributed by atoms with Gasteiger partial charge in [-0.1, -0.05) is 51.1 Å². The van der Waals surface area contributed by atoms with Crippen LogP contribution in [0.15, 0.2) is 48.5 Å². The summed E-state index contributed by atoms with van der Waals surface area (Å²) < 4.78 is 5.88. The highest BCUT2D eigenvalue weighted by Crippen LogP contribution is 2.30. The lowest BCUT2D eigenvalue weighted by Crippen LogP contribution is -2.32. The predicted molar refractivity (Wildman–Crippen MR) is 115 cm³/mol. The van der Waals surface area contributed by atoms with Crippen molar-refractivity contribution in [2.75, 3.05) is 6.54 Å². The monoisotopic (exact) mass is 393 g/mol. The fraction of sp³-hybridized carbons (Fsp3) is 0.440. The molecule has 0 aliphatic heterocycles.